The lowest BCUT2D eigenvalue weighted by atomic mass is 10.00. The van der Waals surface area contributed by atoms with Crippen molar-refractivity contribution < 1.29 is 29.3 Å². The molecule has 2 amide bonds. The van der Waals surface area contributed by atoms with E-state index in [1.165, 1.54) is 6.07 Å². The molecule has 2 fully saturated rings. The van der Waals surface area contributed by atoms with Crippen LogP contribution in [0.4, 0.5) is 0 Å². The molecule has 0 atom stereocenters. The fraction of sp³-hybridized carbons (Fsp3) is 0.318. The van der Waals surface area contributed by atoms with Crippen molar-refractivity contribution in [2.45, 2.75) is 5.60 Å². The van der Waals surface area contributed by atoms with Gasteiger partial charge in [-0.15, -0.1) is 0 Å². The summed E-state index contributed by atoms with van der Waals surface area (Å²) < 4.78 is 4.93. The summed E-state index contributed by atoms with van der Waals surface area (Å²) in [6.07, 6.45) is 0. The maximum Gasteiger partial charge on any atom is 0.259 e. The Hall–Kier alpha value is -3.23. The second-order valence-corrected chi connectivity index (χ2v) is 7.53. The smallest absolute Gasteiger partial charge is 0.259 e. The van der Waals surface area contributed by atoms with Gasteiger partial charge in [0.25, 0.3) is 11.8 Å². The number of hydrogen-bond acceptors (Lipinski definition) is 6. The summed E-state index contributed by atoms with van der Waals surface area (Å²) >= 11 is 0. The Bertz CT molecular complexity index is 975. The van der Waals surface area contributed by atoms with Crippen molar-refractivity contribution in [3.63, 3.8) is 0 Å². The van der Waals surface area contributed by atoms with E-state index in [9.17, 15) is 24.6 Å². The summed E-state index contributed by atoms with van der Waals surface area (Å²) in [6.45, 7) is 1.43. The molecule has 156 valence electrons. The van der Waals surface area contributed by atoms with Gasteiger partial charge in [0.2, 0.25) is 0 Å². The van der Waals surface area contributed by atoms with E-state index < -0.39 is 5.60 Å². The van der Waals surface area contributed by atoms with E-state index in [1.807, 2.05) is 0 Å². The maximum atomic E-state index is 12.8. The number of ether oxygens (including phenoxy) is 1. The van der Waals surface area contributed by atoms with E-state index in [4.69, 9.17) is 4.74 Å². The second-order valence-electron chi connectivity index (χ2n) is 7.53. The minimum absolute atomic E-state index is 0.0107. The molecule has 2 heterocycles. The van der Waals surface area contributed by atoms with E-state index in [-0.39, 0.29) is 42.1 Å². The number of para-hydroxylation sites is 1. The van der Waals surface area contributed by atoms with Crippen LogP contribution in [0.2, 0.25) is 0 Å². The zero-order valence-corrected chi connectivity index (χ0v) is 16.3. The highest BCUT2D eigenvalue weighted by Crippen LogP contribution is 2.22. The number of phenols is 1. The Morgan fingerprint density at radius 3 is 1.97 bits per heavy atom. The topological polar surface area (TPSA) is 107 Å². The van der Waals surface area contributed by atoms with Gasteiger partial charge in [0.05, 0.1) is 18.8 Å². The SMILES string of the molecule is O=C(c1ccc(C(=O)N2CCN(C(=O)C3(O)COC3)CC2)cc1)c1ccccc1O. The highest BCUT2D eigenvalue weighted by Gasteiger charge is 2.46. The van der Waals surface area contributed by atoms with E-state index in [0.29, 0.717) is 37.3 Å². The molecular formula is C22H22N2O6. The van der Waals surface area contributed by atoms with E-state index in [2.05, 4.69) is 0 Å². The number of rotatable bonds is 4. The zero-order chi connectivity index (χ0) is 21.3. The summed E-state index contributed by atoms with van der Waals surface area (Å²) in [5, 5.41) is 20.0. The first-order chi connectivity index (χ1) is 14.4. The van der Waals surface area contributed by atoms with Gasteiger partial charge in [-0.1, -0.05) is 24.3 Å². The predicted molar refractivity (Wildman–Crippen MR) is 106 cm³/mol. The van der Waals surface area contributed by atoms with Gasteiger partial charge in [-0.3, -0.25) is 14.4 Å². The van der Waals surface area contributed by atoms with Crippen LogP contribution in [0.3, 0.4) is 0 Å². The van der Waals surface area contributed by atoms with Crippen LogP contribution in [0.5, 0.6) is 5.75 Å². The van der Waals surface area contributed by atoms with Crippen LogP contribution in [0.25, 0.3) is 0 Å². The average molecular weight is 410 g/mol. The van der Waals surface area contributed by atoms with Gasteiger partial charge < -0.3 is 24.7 Å². The normalized spacial score (nSPS) is 17.9. The first-order valence-electron chi connectivity index (χ1n) is 9.70. The zero-order valence-electron chi connectivity index (χ0n) is 16.3. The summed E-state index contributed by atoms with van der Waals surface area (Å²) in [6, 6.07) is 12.6. The number of benzene rings is 2. The predicted octanol–water partition coefficient (Wildman–Crippen LogP) is 0.669. The van der Waals surface area contributed by atoms with Crippen LogP contribution in [0, 0.1) is 0 Å². The quantitative estimate of drug-likeness (QED) is 0.718. The van der Waals surface area contributed by atoms with Gasteiger partial charge in [-0.2, -0.15) is 0 Å². The molecule has 2 aliphatic heterocycles. The van der Waals surface area contributed by atoms with Crippen LogP contribution in [-0.2, 0) is 9.53 Å². The summed E-state index contributed by atoms with van der Waals surface area (Å²) in [7, 11) is 0. The minimum Gasteiger partial charge on any atom is -0.507 e. The molecule has 0 bridgehead atoms. The van der Waals surface area contributed by atoms with Gasteiger partial charge in [0, 0.05) is 37.3 Å². The van der Waals surface area contributed by atoms with E-state index >= 15 is 0 Å². The fourth-order valence-corrected chi connectivity index (χ4v) is 3.59. The molecule has 2 aromatic carbocycles. The molecule has 2 saturated heterocycles. The number of aromatic hydroxyl groups is 1. The first kappa shape index (κ1) is 20.1. The highest BCUT2D eigenvalue weighted by molar-refractivity contribution is 6.11. The number of carbonyl (C=O) groups excluding carboxylic acids is 3. The number of piperazine rings is 1. The van der Waals surface area contributed by atoms with Crippen molar-refractivity contribution in [2.24, 2.45) is 0 Å². The molecule has 8 nitrogen and oxygen atoms in total. The van der Waals surface area contributed by atoms with Crippen LogP contribution < -0.4 is 0 Å². The van der Waals surface area contributed by atoms with Crippen LogP contribution >= 0.6 is 0 Å². The third-order valence-electron chi connectivity index (χ3n) is 5.48. The molecule has 4 rings (SSSR count). The highest BCUT2D eigenvalue weighted by atomic mass is 16.5. The molecule has 0 radical (unpaired) electrons. The lowest BCUT2D eigenvalue weighted by molar-refractivity contribution is -0.201. The number of ketones is 1. The van der Waals surface area contributed by atoms with E-state index in [0.717, 1.165) is 0 Å². The van der Waals surface area contributed by atoms with Gasteiger partial charge in [-0.05, 0) is 24.3 Å². The van der Waals surface area contributed by atoms with Crippen molar-refractivity contribution >= 4 is 17.6 Å². The van der Waals surface area contributed by atoms with Crippen LogP contribution in [0.1, 0.15) is 26.3 Å². The standard InChI is InChI=1S/C22H22N2O6/c25-18-4-2-1-3-17(18)19(26)15-5-7-16(8-6-15)20(27)23-9-11-24(12-10-23)21(28)22(29)13-30-14-22/h1-8,25,29H,9-14H2. The Balaban J connectivity index is 1.38. The van der Waals surface area contributed by atoms with Gasteiger partial charge >= 0.3 is 0 Å². The number of aliphatic hydroxyl groups is 1. The lowest BCUT2D eigenvalue weighted by Crippen LogP contribution is -2.64. The molecule has 0 unspecified atom stereocenters. The van der Waals surface area contributed by atoms with Crippen molar-refractivity contribution in [1.82, 2.24) is 9.80 Å². The first-order valence-corrected chi connectivity index (χ1v) is 9.70. The molecule has 0 aromatic heterocycles. The molecule has 2 aliphatic rings. The fourth-order valence-electron chi connectivity index (χ4n) is 3.59. The molecule has 0 spiro atoms. The van der Waals surface area contributed by atoms with Crippen molar-refractivity contribution in [1.29, 1.82) is 0 Å². The maximum absolute atomic E-state index is 12.8. The van der Waals surface area contributed by atoms with Crippen molar-refractivity contribution in [3.05, 3.63) is 65.2 Å². The van der Waals surface area contributed by atoms with Gasteiger partial charge in [-0.25, -0.2) is 0 Å². The van der Waals surface area contributed by atoms with E-state index in [1.54, 1.807) is 52.3 Å². The Morgan fingerprint density at radius 2 is 1.40 bits per heavy atom. The molecule has 0 saturated carbocycles. The third-order valence-corrected chi connectivity index (χ3v) is 5.48. The Morgan fingerprint density at radius 1 is 0.833 bits per heavy atom. The summed E-state index contributed by atoms with van der Waals surface area (Å²) in [5.41, 5.74) is -0.410. The minimum atomic E-state index is -1.43. The molecule has 8 heteroatoms. The second kappa shape index (κ2) is 7.89. The van der Waals surface area contributed by atoms with Crippen molar-refractivity contribution in [3.8, 4) is 5.75 Å². The average Bonchev–Trinajstić information content (AvgIpc) is 2.76. The van der Waals surface area contributed by atoms with Gasteiger partial charge in [0.15, 0.2) is 11.4 Å². The van der Waals surface area contributed by atoms with Crippen LogP contribution in [-0.4, -0.2) is 82.6 Å². The van der Waals surface area contributed by atoms with Crippen molar-refractivity contribution in [2.75, 3.05) is 39.4 Å². The number of phenolic OH excluding ortho intramolecular Hbond substituents is 1. The summed E-state index contributed by atoms with van der Waals surface area (Å²) in [5.74, 6) is -0.951. The molecule has 0 aliphatic carbocycles. The lowest BCUT2D eigenvalue weighted by Gasteiger charge is -2.42. The monoisotopic (exact) mass is 410 g/mol. The number of nitrogens with zero attached hydrogens (tertiary/aromatic N) is 2. The largest absolute Gasteiger partial charge is 0.507 e. The number of hydrogen-bond donors (Lipinski definition) is 2. The number of amides is 2. The molecule has 2 aromatic rings. The number of carbonyl (C=O) groups is 3. The Labute approximate surface area is 173 Å². The molecular weight excluding hydrogens is 388 g/mol. The molecule has 2 N–H and O–H groups in total. The van der Waals surface area contributed by atoms with Gasteiger partial charge in [0.1, 0.15) is 5.75 Å². The third kappa shape index (κ3) is 3.67. The molecule has 30 heavy (non-hydrogen) atoms. The summed E-state index contributed by atoms with van der Waals surface area (Å²) in [4.78, 5) is 40.8. The Kier molecular flexibility index (Phi) is 5.27. The van der Waals surface area contributed by atoms with Crippen LogP contribution in [0.15, 0.2) is 48.5 Å².